The lowest BCUT2D eigenvalue weighted by atomic mass is 10.4. The number of alkyl halides is 2. The molecule has 54 heteroatoms. The van der Waals surface area contributed by atoms with Gasteiger partial charge in [-0.25, -0.2) is 39.9 Å². The molecule has 0 unspecified atom stereocenters. The van der Waals surface area contributed by atoms with Gasteiger partial charge in [0, 0.05) is 155 Å². The number of ether oxygens (including phenoxy) is 17. The number of azide groups is 3. The highest BCUT2D eigenvalue weighted by atomic mass is 35.5. The van der Waals surface area contributed by atoms with Crippen molar-refractivity contribution in [3.05, 3.63) is 103 Å². The van der Waals surface area contributed by atoms with Crippen molar-refractivity contribution >= 4 is 132 Å². The van der Waals surface area contributed by atoms with Gasteiger partial charge in [0.1, 0.15) is 0 Å². The van der Waals surface area contributed by atoms with Crippen LogP contribution in [-0.4, -0.2) is 379 Å². The Morgan fingerprint density at radius 3 is 0.706 bits per heavy atom. The molecular formula is C82H153Cl2N19O23S4Si6. The summed E-state index contributed by atoms with van der Waals surface area (Å²) in [6.07, 6.45) is 16.3. The monoisotopic (exact) mass is 2140 g/mol. The second kappa shape index (κ2) is 86.1. The van der Waals surface area contributed by atoms with Gasteiger partial charge >= 0.3 is 0 Å². The maximum atomic E-state index is 10.8. The van der Waals surface area contributed by atoms with Crippen LogP contribution in [0.15, 0.2) is 85.5 Å². The number of carbonyl (C=O) groups excluding carboxylic acids is 2. The van der Waals surface area contributed by atoms with E-state index in [-0.39, 0.29) is 18.4 Å². The predicted molar refractivity (Wildman–Crippen MR) is 545 cm³/mol. The van der Waals surface area contributed by atoms with Crippen molar-refractivity contribution in [2.24, 2.45) is 15.3 Å². The number of aliphatic hydroxyl groups is 1. The van der Waals surface area contributed by atoms with E-state index in [0.717, 1.165) is 102 Å². The van der Waals surface area contributed by atoms with Crippen LogP contribution < -0.4 is 10.6 Å². The number of nitrogens with one attached hydrogen (secondary N) is 2. The van der Waals surface area contributed by atoms with Gasteiger partial charge in [-0.05, 0) is 120 Å². The van der Waals surface area contributed by atoms with Crippen LogP contribution in [0.1, 0.15) is 48.9 Å². The molecule has 0 aliphatic heterocycles. The third kappa shape index (κ3) is 84.2. The number of hydrogen-bond donors (Lipinski definition) is 3. The molecule has 4 aromatic rings. The first-order valence-corrected chi connectivity index (χ1v) is 69.0. The highest BCUT2D eigenvalue weighted by Crippen LogP contribution is 2.29. The summed E-state index contributed by atoms with van der Waals surface area (Å²) in [4.78, 5) is 65.2. The van der Waals surface area contributed by atoms with Gasteiger partial charge in [0.25, 0.3) is 0 Å². The number of aromatic nitrogens is 8. The van der Waals surface area contributed by atoms with Crippen molar-refractivity contribution in [3.8, 4) is 0 Å². The number of thioether (sulfide) groups is 4. The summed E-state index contributed by atoms with van der Waals surface area (Å²) in [5.74, 6) is 0.930. The lowest BCUT2D eigenvalue weighted by molar-refractivity contribution is -0.119. The standard InChI is InChI=1S/C40H72N10O13S2Si2.C16H24Cl2N4OS2Si2.C14H32N2O3Si2.C12H25N3O6/c1-66(2,35-64-39-43-29-37(30-44-39)33-61-27-25-59-23-21-57-19-17-55-15-13-53-11-9-51-7-5-47-49-41)63-67(3,4)36-65-40-45-31-38(32-46-40)34-62-28-26-60-24-22-58-20-18-56-16-14-54-12-10-52-8-6-48-50-42;1-26(2,11-24-15-19-7-13(5-17)8-20-15)23-27(3,4)12-25-16-21-9-14(6-18)10-22-16;1-13(17)15-9-7-11-20(3,4)19-21(5,6)12-8-10-16-14(2)18;13-15-14-1-3-17-5-7-19-9-11-21-12-10-20-8-6-18-4-2-16/h29-32H,5-28,33-36H2,1-4H3;7-10H,5-6,11-12H2,1-4H3;7-12H2,1-6H3,(H,15,17)(H,16,18);16H,1-12H2. The number of nitrogens with zero attached hydrogens (tertiary/aromatic N) is 17. The molecule has 0 aromatic carbocycles. The Morgan fingerprint density at radius 2 is 0.507 bits per heavy atom. The normalized spacial score (nSPS) is 11.7. The molecule has 136 heavy (non-hydrogen) atoms. The van der Waals surface area contributed by atoms with E-state index in [2.05, 4.69) is 159 Å². The van der Waals surface area contributed by atoms with Crippen molar-refractivity contribution < 1.29 is 108 Å². The van der Waals surface area contributed by atoms with Crippen LogP contribution >= 0.6 is 70.2 Å². The van der Waals surface area contributed by atoms with Gasteiger partial charge in [-0.3, -0.25) is 9.59 Å². The largest absolute Gasteiger partial charge is 0.455 e. The van der Waals surface area contributed by atoms with Crippen molar-refractivity contribution in [2.75, 3.05) is 272 Å². The molecule has 3 N–H and O–H groups in total. The first-order chi connectivity index (χ1) is 65.4. The van der Waals surface area contributed by atoms with E-state index >= 15 is 0 Å². The molecule has 0 radical (unpaired) electrons. The van der Waals surface area contributed by atoms with E-state index in [1.807, 2.05) is 0 Å². The molecule has 0 spiro atoms. The highest BCUT2D eigenvalue weighted by Gasteiger charge is 2.36. The Bertz CT molecular complexity index is 3530. The molecule has 4 rings (SSSR count). The first kappa shape index (κ1) is 130. The number of rotatable bonds is 85. The zero-order valence-electron chi connectivity index (χ0n) is 82.4. The van der Waals surface area contributed by atoms with Crippen molar-refractivity contribution in [2.45, 2.75) is 163 Å². The molecule has 4 heterocycles. The zero-order valence-corrected chi connectivity index (χ0v) is 93.2. The van der Waals surface area contributed by atoms with Gasteiger partial charge in [0.05, 0.1) is 243 Å². The van der Waals surface area contributed by atoms with Crippen molar-refractivity contribution in [1.29, 1.82) is 0 Å². The third-order valence-electron chi connectivity index (χ3n) is 16.7. The van der Waals surface area contributed by atoms with E-state index in [4.69, 9.17) is 138 Å². The molecule has 0 saturated heterocycles. The van der Waals surface area contributed by atoms with Gasteiger partial charge in [-0.2, -0.15) is 0 Å². The Kier molecular flexibility index (Phi) is 82.1. The molecule has 0 saturated carbocycles. The number of aliphatic hydroxyl groups excluding tert-OH is 1. The summed E-state index contributed by atoms with van der Waals surface area (Å²) < 4.78 is 112. The van der Waals surface area contributed by atoms with E-state index < -0.39 is 49.9 Å². The molecule has 42 nitrogen and oxygen atoms in total. The molecular weight excluding hydrogens is 1990 g/mol. The Morgan fingerprint density at radius 1 is 0.316 bits per heavy atom. The minimum absolute atomic E-state index is 0.0297. The quantitative estimate of drug-likeness (QED) is 0.00540. The fourth-order valence-electron chi connectivity index (χ4n) is 11.0. The maximum Gasteiger partial charge on any atom is 0.216 e. The average Bonchev–Trinajstić information content (AvgIpc) is 0.848. The fraction of sp³-hybridized carbons (Fsp3) is 0.780. The van der Waals surface area contributed by atoms with E-state index in [0.29, 0.717) is 256 Å². The van der Waals surface area contributed by atoms with Crippen LogP contribution in [-0.2, 0) is 127 Å². The summed E-state index contributed by atoms with van der Waals surface area (Å²) >= 11 is 18.1. The molecule has 776 valence electrons. The number of amides is 2. The van der Waals surface area contributed by atoms with Crippen LogP contribution in [0.4, 0.5) is 0 Å². The Hall–Kier alpha value is -4.37. The zero-order chi connectivity index (χ0) is 100. The Labute approximate surface area is 837 Å². The number of carbonyl (C=O) groups is 2. The number of hydrogen-bond acceptors (Lipinski definition) is 38. The van der Waals surface area contributed by atoms with Crippen molar-refractivity contribution in [1.82, 2.24) is 50.5 Å². The number of halogens is 2. The average molecular weight is 2140 g/mol. The van der Waals surface area contributed by atoms with Gasteiger partial charge in [-0.15, -0.1) is 23.2 Å². The van der Waals surface area contributed by atoms with Gasteiger partial charge in [0.2, 0.25) is 11.8 Å². The lowest BCUT2D eigenvalue weighted by Crippen LogP contribution is -2.48. The van der Waals surface area contributed by atoms with Crippen molar-refractivity contribution in [3.63, 3.8) is 0 Å². The smallest absolute Gasteiger partial charge is 0.216 e. The van der Waals surface area contributed by atoms with Crippen LogP contribution in [0, 0.1) is 0 Å². The first-order valence-electron chi connectivity index (χ1n) is 45.3. The van der Waals surface area contributed by atoms with Crippen LogP contribution in [0.2, 0.25) is 90.7 Å². The fourth-order valence-corrected chi connectivity index (χ4v) is 43.8. The molecule has 2 amide bonds. The van der Waals surface area contributed by atoms with Gasteiger partial charge < -0.3 is 109 Å². The van der Waals surface area contributed by atoms with Crippen LogP contribution in [0.5, 0.6) is 0 Å². The molecule has 4 aromatic heterocycles. The third-order valence-corrected chi connectivity index (χ3v) is 49.0. The van der Waals surface area contributed by atoms with E-state index in [1.54, 1.807) is 110 Å². The predicted octanol–water partition coefficient (Wildman–Crippen LogP) is 13.4. The molecule has 0 bridgehead atoms. The van der Waals surface area contributed by atoms with Gasteiger partial charge in [0.15, 0.2) is 70.5 Å². The summed E-state index contributed by atoms with van der Waals surface area (Å²) in [7, 11) is -11.1. The summed E-state index contributed by atoms with van der Waals surface area (Å²) in [6, 6.07) is 2.13. The minimum Gasteiger partial charge on any atom is -0.455 e. The summed E-state index contributed by atoms with van der Waals surface area (Å²) in [5.41, 5.74) is 28.1. The lowest BCUT2D eigenvalue weighted by Gasteiger charge is -2.34. The second-order valence-electron chi connectivity index (χ2n) is 32.8. The maximum absolute atomic E-state index is 10.8. The molecule has 0 aliphatic carbocycles. The van der Waals surface area contributed by atoms with Gasteiger partial charge in [-0.1, -0.05) is 62.4 Å². The SMILES string of the molecule is CC(=O)NCCC[Si](C)(C)O[Si](C)(C)CCCNC(C)=O.C[Si](C)(CSc1ncc(CCl)cn1)O[Si](C)(C)CSc1ncc(CCl)cn1.C[Si](C)(CSc1ncc(COCCOCCOCCOCCOCCOCCN=[N+]=[N-])cn1)O[Si](C)(C)CSc1ncc(COCCOCCOCCOCCOCCOCCN=[N+]=[N-])cn1.[N-]=[N+]=NCCOCCOCCOCCOCCOCCO. The highest BCUT2D eigenvalue weighted by molar-refractivity contribution is 8.01. The second-order valence-corrected chi connectivity index (χ2v) is 65.2. The van der Waals surface area contributed by atoms with Crippen LogP contribution in [0.3, 0.4) is 0 Å². The topological polar surface area (TPSA) is 512 Å². The Balaban J connectivity index is 0.00000108. The van der Waals surface area contributed by atoms with E-state index in [1.165, 1.54) is 0 Å². The molecule has 0 aliphatic rings. The minimum atomic E-state index is -2.02. The summed E-state index contributed by atoms with van der Waals surface area (Å²) in [6.45, 7) is 48.2. The molecule has 0 fully saturated rings. The summed E-state index contributed by atoms with van der Waals surface area (Å²) in [5, 5.41) is 30.7. The molecule has 0 atom stereocenters. The van der Waals surface area contributed by atoms with E-state index in [9.17, 15) is 9.59 Å². The van der Waals surface area contributed by atoms with Crippen LogP contribution in [0.25, 0.3) is 31.3 Å².